The average molecular weight is 176 g/mol. The minimum Gasteiger partial charge on any atom is -0.479 e. The van der Waals surface area contributed by atoms with E-state index in [1.807, 2.05) is 0 Å². The van der Waals surface area contributed by atoms with Crippen LogP contribution in [0.2, 0.25) is 0 Å². The standard InChI is InChI=1S/C8H8N4O/c1-13-8-6(11-5-12-8)7-9-3-2-4-10-7/h2-5H,1H3,(H,11,12). The summed E-state index contributed by atoms with van der Waals surface area (Å²) >= 11 is 0. The van der Waals surface area contributed by atoms with Gasteiger partial charge >= 0.3 is 0 Å². The lowest BCUT2D eigenvalue weighted by atomic mass is 10.4. The third kappa shape index (κ3) is 1.35. The average Bonchev–Trinajstić information content (AvgIpc) is 2.67. The number of H-pyrrole nitrogens is 1. The number of rotatable bonds is 2. The third-order valence-electron chi connectivity index (χ3n) is 1.59. The zero-order valence-corrected chi connectivity index (χ0v) is 7.06. The van der Waals surface area contributed by atoms with Crippen molar-refractivity contribution < 1.29 is 4.74 Å². The molecular weight excluding hydrogens is 168 g/mol. The number of imidazole rings is 1. The molecule has 5 heteroatoms. The van der Waals surface area contributed by atoms with Gasteiger partial charge < -0.3 is 9.72 Å². The Hall–Kier alpha value is -1.91. The summed E-state index contributed by atoms with van der Waals surface area (Å²) in [7, 11) is 1.56. The number of methoxy groups -OCH3 is 1. The van der Waals surface area contributed by atoms with Gasteiger partial charge in [-0.2, -0.15) is 0 Å². The number of ether oxygens (including phenoxy) is 1. The third-order valence-corrected chi connectivity index (χ3v) is 1.59. The second-order valence-electron chi connectivity index (χ2n) is 2.36. The monoisotopic (exact) mass is 176 g/mol. The number of hydrogen-bond donors (Lipinski definition) is 1. The number of nitrogens with one attached hydrogen (secondary N) is 1. The Bertz CT molecular complexity index is 384. The first kappa shape index (κ1) is 7.72. The lowest BCUT2D eigenvalue weighted by molar-refractivity contribution is 0.401. The van der Waals surface area contributed by atoms with Gasteiger partial charge in [-0.15, -0.1) is 0 Å². The minimum atomic E-state index is 0.506. The zero-order valence-electron chi connectivity index (χ0n) is 7.06. The topological polar surface area (TPSA) is 63.7 Å². The first-order valence-electron chi connectivity index (χ1n) is 3.76. The van der Waals surface area contributed by atoms with E-state index in [0.29, 0.717) is 17.4 Å². The Kier molecular flexibility index (Phi) is 1.91. The maximum atomic E-state index is 5.02. The van der Waals surface area contributed by atoms with Crippen molar-refractivity contribution in [2.45, 2.75) is 0 Å². The van der Waals surface area contributed by atoms with Crippen LogP contribution in [0.4, 0.5) is 0 Å². The molecule has 0 spiro atoms. The van der Waals surface area contributed by atoms with Gasteiger partial charge in [0, 0.05) is 12.4 Å². The first-order valence-corrected chi connectivity index (χ1v) is 3.76. The summed E-state index contributed by atoms with van der Waals surface area (Å²) in [5.74, 6) is 1.09. The molecule has 0 unspecified atom stereocenters. The number of aromatic amines is 1. The van der Waals surface area contributed by atoms with E-state index in [-0.39, 0.29) is 0 Å². The molecule has 0 amide bonds. The van der Waals surface area contributed by atoms with E-state index >= 15 is 0 Å². The zero-order chi connectivity index (χ0) is 9.10. The SMILES string of the molecule is COc1nc[nH]c1-c1ncccn1. The molecule has 2 aromatic heterocycles. The van der Waals surface area contributed by atoms with Crippen molar-refractivity contribution in [1.29, 1.82) is 0 Å². The molecule has 0 aliphatic rings. The minimum absolute atomic E-state index is 0.506. The highest BCUT2D eigenvalue weighted by molar-refractivity contribution is 5.55. The van der Waals surface area contributed by atoms with Gasteiger partial charge in [0.25, 0.3) is 0 Å². The molecule has 66 valence electrons. The van der Waals surface area contributed by atoms with Gasteiger partial charge in [0.05, 0.1) is 13.4 Å². The number of aromatic nitrogens is 4. The van der Waals surface area contributed by atoms with Crippen molar-refractivity contribution in [3.63, 3.8) is 0 Å². The fourth-order valence-corrected chi connectivity index (χ4v) is 1.02. The highest BCUT2D eigenvalue weighted by atomic mass is 16.5. The van der Waals surface area contributed by atoms with Crippen LogP contribution in [0.25, 0.3) is 11.5 Å². The summed E-state index contributed by atoms with van der Waals surface area (Å²) in [6.45, 7) is 0. The smallest absolute Gasteiger partial charge is 0.242 e. The van der Waals surface area contributed by atoms with E-state index in [1.165, 1.54) is 0 Å². The Morgan fingerprint density at radius 1 is 1.23 bits per heavy atom. The normalized spacial score (nSPS) is 9.92. The summed E-state index contributed by atoms with van der Waals surface area (Å²) in [5.41, 5.74) is 0.697. The molecule has 0 aliphatic heterocycles. The maximum absolute atomic E-state index is 5.02. The predicted octanol–water partition coefficient (Wildman–Crippen LogP) is 0.875. The van der Waals surface area contributed by atoms with Crippen LogP contribution in [0.3, 0.4) is 0 Å². The summed E-state index contributed by atoms with van der Waals surface area (Å²) < 4.78 is 5.02. The fraction of sp³-hybridized carbons (Fsp3) is 0.125. The van der Waals surface area contributed by atoms with E-state index in [2.05, 4.69) is 19.9 Å². The summed E-state index contributed by atoms with van der Waals surface area (Å²) in [5, 5.41) is 0. The van der Waals surface area contributed by atoms with Crippen molar-refractivity contribution in [2.24, 2.45) is 0 Å². The molecule has 0 radical (unpaired) electrons. The summed E-state index contributed by atoms with van der Waals surface area (Å²) in [6.07, 6.45) is 4.88. The lowest BCUT2D eigenvalue weighted by Crippen LogP contribution is -1.90. The second kappa shape index (κ2) is 3.22. The number of nitrogens with zero attached hydrogens (tertiary/aromatic N) is 3. The molecule has 0 fully saturated rings. The molecule has 5 nitrogen and oxygen atoms in total. The molecular formula is C8H8N4O. The molecule has 0 saturated carbocycles. The Balaban J connectivity index is 2.47. The molecule has 0 bridgehead atoms. The largest absolute Gasteiger partial charge is 0.479 e. The van der Waals surface area contributed by atoms with Crippen LogP contribution in [-0.4, -0.2) is 27.0 Å². The Morgan fingerprint density at radius 2 is 2.00 bits per heavy atom. The molecule has 0 aromatic carbocycles. The van der Waals surface area contributed by atoms with Gasteiger partial charge in [0.2, 0.25) is 5.88 Å². The van der Waals surface area contributed by atoms with Crippen LogP contribution >= 0.6 is 0 Å². The van der Waals surface area contributed by atoms with Crippen molar-refractivity contribution in [2.75, 3.05) is 7.11 Å². The Labute approximate surface area is 74.8 Å². The van der Waals surface area contributed by atoms with Gasteiger partial charge in [-0.25, -0.2) is 15.0 Å². The van der Waals surface area contributed by atoms with Crippen LogP contribution in [0, 0.1) is 0 Å². The van der Waals surface area contributed by atoms with Crippen molar-refractivity contribution in [1.82, 2.24) is 19.9 Å². The van der Waals surface area contributed by atoms with E-state index < -0.39 is 0 Å². The van der Waals surface area contributed by atoms with Crippen molar-refractivity contribution in [3.8, 4) is 17.4 Å². The second-order valence-corrected chi connectivity index (χ2v) is 2.36. The van der Waals surface area contributed by atoms with Gasteiger partial charge in [-0.05, 0) is 6.07 Å². The van der Waals surface area contributed by atoms with Crippen LogP contribution in [0.1, 0.15) is 0 Å². The predicted molar refractivity (Wildman–Crippen MR) is 46.2 cm³/mol. The van der Waals surface area contributed by atoms with Crippen LogP contribution in [0.5, 0.6) is 5.88 Å². The lowest BCUT2D eigenvalue weighted by Gasteiger charge is -1.97. The van der Waals surface area contributed by atoms with Crippen molar-refractivity contribution >= 4 is 0 Å². The van der Waals surface area contributed by atoms with E-state index in [0.717, 1.165) is 0 Å². The highest BCUT2D eigenvalue weighted by Crippen LogP contribution is 2.21. The van der Waals surface area contributed by atoms with Gasteiger partial charge in [0.15, 0.2) is 5.82 Å². The van der Waals surface area contributed by atoms with Crippen molar-refractivity contribution in [3.05, 3.63) is 24.8 Å². The molecule has 2 heterocycles. The van der Waals surface area contributed by atoms with Gasteiger partial charge in [-0.3, -0.25) is 0 Å². The van der Waals surface area contributed by atoms with E-state index in [9.17, 15) is 0 Å². The quantitative estimate of drug-likeness (QED) is 0.737. The fourth-order valence-electron chi connectivity index (χ4n) is 1.02. The van der Waals surface area contributed by atoms with Crippen LogP contribution in [-0.2, 0) is 0 Å². The Morgan fingerprint density at radius 3 is 2.69 bits per heavy atom. The summed E-state index contributed by atoms with van der Waals surface area (Å²) in [6, 6.07) is 1.76. The molecule has 0 saturated heterocycles. The molecule has 0 atom stereocenters. The highest BCUT2D eigenvalue weighted by Gasteiger charge is 2.09. The first-order chi connectivity index (χ1) is 6.42. The number of hydrogen-bond acceptors (Lipinski definition) is 4. The molecule has 0 aliphatic carbocycles. The van der Waals surface area contributed by atoms with E-state index in [4.69, 9.17) is 4.74 Å². The van der Waals surface area contributed by atoms with Crippen LogP contribution in [0.15, 0.2) is 24.8 Å². The van der Waals surface area contributed by atoms with Crippen LogP contribution < -0.4 is 4.74 Å². The van der Waals surface area contributed by atoms with Gasteiger partial charge in [0.1, 0.15) is 5.69 Å². The molecule has 2 rings (SSSR count). The molecule has 1 N–H and O–H groups in total. The molecule has 13 heavy (non-hydrogen) atoms. The molecule has 2 aromatic rings. The summed E-state index contributed by atoms with van der Waals surface area (Å²) in [4.78, 5) is 15.0. The maximum Gasteiger partial charge on any atom is 0.242 e. The van der Waals surface area contributed by atoms with E-state index in [1.54, 1.807) is 31.9 Å². The van der Waals surface area contributed by atoms with Gasteiger partial charge in [-0.1, -0.05) is 0 Å².